The minimum atomic E-state index is -1.48. The Morgan fingerprint density at radius 3 is 2.35 bits per heavy atom. The average Bonchev–Trinajstić information content (AvgIpc) is 3.23. The van der Waals surface area contributed by atoms with Crippen molar-refractivity contribution in [1.82, 2.24) is 4.90 Å². The normalized spacial score (nSPS) is 19.3. The zero-order valence-electron chi connectivity index (χ0n) is 19.3. The molecule has 2 heterocycles. The van der Waals surface area contributed by atoms with E-state index in [2.05, 4.69) is 0 Å². The molecule has 1 fully saturated rings. The molecule has 5 rings (SSSR count). The minimum absolute atomic E-state index is 0.134. The van der Waals surface area contributed by atoms with Crippen LogP contribution in [0.3, 0.4) is 0 Å². The standard InChI is InChI=1S/C28H26N2O4/c1-19-11-12-24-23(15-19)28(27(33)30(24)18-21-7-4-3-5-8-21)17-25(31)29(26(28)32)14-13-20-9-6-10-22(16-20)34-2/h3-12,15-16H,13-14,17-18H2,1-2H3. The Balaban J connectivity index is 1.47. The molecule has 0 radical (unpaired) electrons. The van der Waals surface area contributed by atoms with Crippen LogP contribution in [0, 0.1) is 6.92 Å². The molecule has 3 aromatic rings. The first-order valence-electron chi connectivity index (χ1n) is 11.4. The second-order valence-electron chi connectivity index (χ2n) is 8.93. The van der Waals surface area contributed by atoms with Gasteiger partial charge in [-0.3, -0.25) is 19.3 Å². The number of benzene rings is 3. The predicted molar refractivity (Wildman–Crippen MR) is 129 cm³/mol. The zero-order chi connectivity index (χ0) is 23.9. The maximum atomic E-state index is 13.9. The number of ether oxygens (including phenoxy) is 1. The van der Waals surface area contributed by atoms with Gasteiger partial charge < -0.3 is 9.64 Å². The number of carbonyl (C=O) groups is 3. The summed E-state index contributed by atoms with van der Waals surface area (Å²) in [6, 6.07) is 22.9. The highest BCUT2D eigenvalue weighted by molar-refractivity contribution is 6.28. The lowest BCUT2D eigenvalue weighted by atomic mass is 9.79. The summed E-state index contributed by atoms with van der Waals surface area (Å²) in [5.41, 5.74) is 2.72. The van der Waals surface area contributed by atoms with E-state index in [4.69, 9.17) is 4.74 Å². The molecule has 2 aliphatic heterocycles. The molecule has 3 aromatic carbocycles. The molecule has 0 aliphatic carbocycles. The van der Waals surface area contributed by atoms with Crippen molar-refractivity contribution in [3.05, 3.63) is 95.1 Å². The van der Waals surface area contributed by atoms with Gasteiger partial charge in [-0.15, -0.1) is 0 Å². The highest BCUT2D eigenvalue weighted by atomic mass is 16.5. The third-order valence-corrected chi connectivity index (χ3v) is 6.78. The average molecular weight is 455 g/mol. The number of likely N-dealkylation sites (tertiary alicyclic amines) is 1. The minimum Gasteiger partial charge on any atom is -0.497 e. The summed E-state index contributed by atoms with van der Waals surface area (Å²) in [4.78, 5) is 43.7. The SMILES string of the molecule is COc1cccc(CCN2C(=O)CC3(C2=O)C(=O)N(Cc2ccccc2)c2ccc(C)cc23)c1. The Hall–Kier alpha value is -3.93. The Morgan fingerprint density at radius 2 is 1.59 bits per heavy atom. The molecule has 0 bridgehead atoms. The van der Waals surface area contributed by atoms with Crippen LogP contribution in [0.2, 0.25) is 0 Å². The van der Waals surface area contributed by atoms with Crippen LogP contribution >= 0.6 is 0 Å². The van der Waals surface area contributed by atoms with Gasteiger partial charge in [0.05, 0.1) is 20.1 Å². The number of methoxy groups -OCH3 is 1. The number of amides is 3. The number of rotatable bonds is 6. The number of fused-ring (bicyclic) bond motifs is 2. The summed E-state index contributed by atoms with van der Waals surface area (Å²) in [7, 11) is 1.60. The van der Waals surface area contributed by atoms with Crippen LogP contribution in [-0.4, -0.2) is 36.3 Å². The van der Waals surface area contributed by atoms with Gasteiger partial charge in [0.1, 0.15) is 5.75 Å². The second-order valence-corrected chi connectivity index (χ2v) is 8.93. The maximum Gasteiger partial charge on any atom is 0.250 e. The molecule has 1 saturated heterocycles. The molecule has 1 spiro atoms. The fourth-order valence-corrected chi connectivity index (χ4v) is 5.02. The Kier molecular flexibility index (Phi) is 5.44. The van der Waals surface area contributed by atoms with Crippen molar-refractivity contribution in [3.8, 4) is 5.75 Å². The number of nitrogens with zero attached hydrogens (tertiary/aromatic N) is 2. The van der Waals surface area contributed by atoms with Gasteiger partial charge in [-0.05, 0) is 42.7 Å². The van der Waals surface area contributed by atoms with Crippen molar-refractivity contribution in [3.63, 3.8) is 0 Å². The number of carbonyl (C=O) groups excluding carboxylic acids is 3. The summed E-state index contributed by atoms with van der Waals surface area (Å²) < 4.78 is 5.27. The Labute approximate surface area is 198 Å². The summed E-state index contributed by atoms with van der Waals surface area (Å²) in [5, 5.41) is 0. The van der Waals surface area contributed by atoms with E-state index < -0.39 is 11.3 Å². The van der Waals surface area contributed by atoms with Crippen LogP contribution in [0.1, 0.15) is 28.7 Å². The van der Waals surface area contributed by atoms with Gasteiger partial charge in [-0.1, -0.05) is 60.2 Å². The lowest BCUT2D eigenvalue weighted by Crippen LogP contribution is -2.46. The molecule has 0 N–H and O–H groups in total. The van der Waals surface area contributed by atoms with Crippen molar-refractivity contribution in [1.29, 1.82) is 0 Å². The first kappa shape index (κ1) is 21.9. The molecule has 0 aromatic heterocycles. The second kappa shape index (κ2) is 8.45. The lowest BCUT2D eigenvalue weighted by Gasteiger charge is -2.23. The zero-order valence-corrected chi connectivity index (χ0v) is 19.3. The molecular weight excluding hydrogens is 428 g/mol. The summed E-state index contributed by atoms with van der Waals surface area (Å²) in [6.07, 6.45) is 0.359. The lowest BCUT2D eigenvalue weighted by molar-refractivity contribution is -0.141. The molecule has 172 valence electrons. The van der Waals surface area contributed by atoms with E-state index in [1.807, 2.05) is 79.7 Å². The number of imide groups is 1. The van der Waals surface area contributed by atoms with Crippen molar-refractivity contribution in [2.45, 2.75) is 31.7 Å². The topological polar surface area (TPSA) is 66.9 Å². The van der Waals surface area contributed by atoms with E-state index in [0.717, 1.165) is 22.4 Å². The molecule has 6 heteroatoms. The summed E-state index contributed by atoms with van der Waals surface area (Å²) in [5.74, 6) is -0.331. The highest BCUT2D eigenvalue weighted by Gasteiger charge is 2.63. The Morgan fingerprint density at radius 1 is 0.853 bits per heavy atom. The van der Waals surface area contributed by atoms with Gasteiger partial charge in [0, 0.05) is 17.8 Å². The fourth-order valence-electron chi connectivity index (χ4n) is 5.02. The smallest absolute Gasteiger partial charge is 0.250 e. The van der Waals surface area contributed by atoms with Gasteiger partial charge in [-0.2, -0.15) is 0 Å². The predicted octanol–water partition coefficient (Wildman–Crippen LogP) is 3.79. The van der Waals surface area contributed by atoms with Crippen molar-refractivity contribution in [2.24, 2.45) is 0 Å². The molecule has 1 unspecified atom stereocenters. The number of hydrogen-bond acceptors (Lipinski definition) is 4. The molecule has 34 heavy (non-hydrogen) atoms. The van der Waals surface area contributed by atoms with Gasteiger partial charge >= 0.3 is 0 Å². The fraction of sp³-hybridized carbons (Fsp3) is 0.250. The number of anilines is 1. The molecule has 3 amide bonds. The van der Waals surface area contributed by atoms with Crippen LogP contribution in [0.4, 0.5) is 5.69 Å². The van der Waals surface area contributed by atoms with Gasteiger partial charge in [-0.25, -0.2) is 0 Å². The quantitative estimate of drug-likeness (QED) is 0.420. The van der Waals surface area contributed by atoms with Crippen LogP contribution in [0.15, 0.2) is 72.8 Å². The molecule has 1 atom stereocenters. The molecule has 0 saturated carbocycles. The van der Waals surface area contributed by atoms with Crippen molar-refractivity contribution >= 4 is 23.4 Å². The van der Waals surface area contributed by atoms with E-state index >= 15 is 0 Å². The molecule has 2 aliphatic rings. The first-order chi connectivity index (χ1) is 16.4. The summed E-state index contributed by atoms with van der Waals surface area (Å²) in [6.45, 7) is 2.50. The van der Waals surface area contributed by atoms with Gasteiger partial charge in [0.15, 0.2) is 5.41 Å². The van der Waals surface area contributed by atoms with Crippen LogP contribution in [0.5, 0.6) is 5.75 Å². The largest absolute Gasteiger partial charge is 0.497 e. The van der Waals surface area contributed by atoms with Crippen molar-refractivity contribution in [2.75, 3.05) is 18.6 Å². The van der Waals surface area contributed by atoms with Crippen molar-refractivity contribution < 1.29 is 19.1 Å². The van der Waals surface area contributed by atoms with Gasteiger partial charge in [0.2, 0.25) is 17.7 Å². The maximum absolute atomic E-state index is 13.9. The molecular formula is C28H26N2O4. The third-order valence-electron chi connectivity index (χ3n) is 6.78. The van der Waals surface area contributed by atoms with E-state index in [0.29, 0.717) is 24.2 Å². The summed E-state index contributed by atoms with van der Waals surface area (Å²) >= 11 is 0. The number of aryl methyl sites for hydroxylation is 1. The van der Waals surface area contributed by atoms with Crippen LogP contribution in [0.25, 0.3) is 0 Å². The first-order valence-corrected chi connectivity index (χ1v) is 11.4. The van der Waals surface area contributed by atoms with Crippen LogP contribution < -0.4 is 9.64 Å². The third kappa shape index (κ3) is 3.46. The number of hydrogen-bond donors (Lipinski definition) is 0. The molecule has 6 nitrogen and oxygen atoms in total. The Bertz CT molecular complexity index is 1290. The van der Waals surface area contributed by atoms with E-state index in [1.165, 1.54) is 4.90 Å². The van der Waals surface area contributed by atoms with Crippen LogP contribution in [-0.2, 0) is 32.8 Å². The van der Waals surface area contributed by atoms with Gasteiger partial charge in [0.25, 0.3) is 0 Å². The van der Waals surface area contributed by atoms with E-state index in [9.17, 15) is 14.4 Å². The van der Waals surface area contributed by atoms with E-state index in [1.54, 1.807) is 12.0 Å². The van der Waals surface area contributed by atoms with E-state index in [-0.39, 0.29) is 24.8 Å². The highest BCUT2D eigenvalue weighted by Crippen LogP contribution is 2.49. The monoisotopic (exact) mass is 454 g/mol.